The van der Waals surface area contributed by atoms with Crippen LogP contribution in [-0.4, -0.2) is 13.2 Å². The van der Waals surface area contributed by atoms with Crippen molar-refractivity contribution in [2.24, 2.45) is 5.92 Å². The van der Waals surface area contributed by atoms with Gasteiger partial charge in [0.2, 0.25) is 0 Å². The minimum Gasteiger partial charge on any atom is -0.493 e. The SMILES string of the molecule is CCCNCc1ccc(OCC2CCC2)c(C(F)(F)F)c1. The second-order valence-corrected chi connectivity index (χ2v) is 5.61. The van der Waals surface area contributed by atoms with Gasteiger partial charge in [-0.1, -0.05) is 19.4 Å². The van der Waals surface area contributed by atoms with Gasteiger partial charge in [-0.15, -0.1) is 0 Å². The van der Waals surface area contributed by atoms with Gasteiger partial charge in [-0.25, -0.2) is 0 Å². The van der Waals surface area contributed by atoms with Crippen LogP contribution in [0.4, 0.5) is 13.2 Å². The highest BCUT2D eigenvalue weighted by molar-refractivity contribution is 5.39. The van der Waals surface area contributed by atoms with Crippen LogP contribution in [0.1, 0.15) is 43.7 Å². The van der Waals surface area contributed by atoms with Crippen molar-refractivity contribution in [3.63, 3.8) is 0 Å². The van der Waals surface area contributed by atoms with Gasteiger partial charge in [-0.3, -0.25) is 0 Å². The third kappa shape index (κ3) is 4.63. The second kappa shape index (κ2) is 7.16. The number of alkyl halides is 3. The number of benzene rings is 1. The molecule has 0 unspecified atom stereocenters. The summed E-state index contributed by atoms with van der Waals surface area (Å²) >= 11 is 0. The summed E-state index contributed by atoms with van der Waals surface area (Å²) in [6.07, 6.45) is -0.159. The lowest BCUT2D eigenvalue weighted by molar-refractivity contribution is -0.139. The Labute approximate surface area is 123 Å². The lowest BCUT2D eigenvalue weighted by Gasteiger charge is -2.26. The highest BCUT2D eigenvalue weighted by Crippen LogP contribution is 2.37. The topological polar surface area (TPSA) is 21.3 Å². The molecule has 0 saturated heterocycles. The monoisotopic (exact) mass is 301 g/mol. The van der Waals surface area contributed by atoms with Gasteiger partial charge < -0.3 is 10.1 Å². The van der Waals surface area contributed by atoms with E-state index in [1.807, 2.05) is 6.92 Å². The van der Waals surface area contributed by atoms with E-state index in [0.717, 1.165) is 32.2 Å². The fraction of sp³-hybridized carbons (Fsp3) is 0.625. The molecule has 2 rings (SSSR count). The molecular weight excluding hydrogens is 279 g/mol. The van der Waals surface area contributed by atoms with Crippen LogP contribution in [0.2, 0.25) is 0 Å². The molecule has 1 N–H and O–H groups in total. The first-order chi connectivity index (χ1) is 10.0. The van der Waals surface area contributed by atoms with E-state index in [4.69, 9.17) is 4.74 Å². The average Bonchev–Trinajstić information content (AvgIpc) is 2.37. The summed E-state index contributed by atoms with van der Waals surface area (Å²) in [6.45, 7) is 3.64. The molecule has 0 aromatic heterocycles. The van der Waals surface area contributed by atoms with Gasteiger partial charge in [0.1, 0.15) is 5.75 Å². The first-order valence-electron chi connectivity index (χ1n) is 7.54. The van der Waals surface area contributed by atoms with E-state index in [9.17, 15) is 13.2 Å². The van der Waals surface area contributed by atoms with Crippen molar-refractivity contribution < 1.29 is 17.9 Å². The minimum atomic E-state index is -4.38. The van der Waals surface area contributed by atoms with Crippen molar-refractivity contribution in [2.75, 3.05) is 13.2 Å². The zero-order valence-electron chi connectivity index (χ0n) is 12.3. The Morgan fingerprint density at radius 3 is 2.62 bits per heavy atom. The maximum absolute atomic E-state index is 13.1. The number of ether oxygens (including phenoxy) is 1. The molecule has 0 atom stereocenters. The van der Waals surface area contributed by atoms with Crippen molar-refractivity contribution in [1.29, 1.82) is 0 Å². The molecule has 1 aromatic carbocycles. The smallest absolute Gasteiger partial charge is 0.419 e. The molecule has 5 heteroatoms. The Kier molecular flexibility index (Phi) is 5.51. The molecule has 0 bridgehead atoms. The lowest BCUT2D eigenvalue weighted by Crippen LogP contribution is -2.21. The van der Waals surface area contributed by atoms with E-state index in [0.29, 0.717) is 24.6 Å². The maximum Gasteiger partial charge on any atom is 0.419 e. The van der Waals surface area contributed by atoms with Crippen molar-refractivity contribution in [2.45, 2.75) is 45.3 Å². The van der Waals surface area contributed by atoms with Crippen molar-refractivity contribution in [3.05, 3.63) is 29.3 Å². The summed E-state index contributed by atoms with van der Waals surface area (Å²) in [7, 11) is 0. The summed E-state index contributed by atoms with van der Waals surface area (Å²) in [5, 5.41) is 3.11. The van der Waals surface area contributed by atoms with Crippen LogP contribution >= 0.6 is 0 Å². The summed E-state index contributed by atoms with van der Waals surface area (Å²) in [6, 6.07) is 4.34. The van der Waals surface area contributed by atoms with Gasteiger partial charge in [-0.05, 0) is 49.4 Å². The van der Waals surface area contributed by atoms with Gasteiger partial charge in [-0.2, -0.15) is 13.2 Å². The fourth-order valence-electron chi connectivity index (χ4n) is 2.31. The molecule has 21 heavy (non-hydrogen) atoms. The van der Waals surface area contributed by atoms with Crippen molar-refractivity contribution >= 4 is 0 Å². The summed E-state index contributed by atoms with van der Waals surface area (Å²) in [5.74, 6) is 0.366. The molecule has 0 aliphatic heterocycles. The Bertz CT molecular complexity index is 455. The Morgan fingerprint density at radius 1 is 1.29 bits per heavy atom. The quantitative estimate of drug-likeness (QED) is 0.754. The molecule has 1 aliphatic rings. The third-order valence-corrected chi connectivity index (χ3v) is 3.80. The van der Waals surface area contributed by atoms with Crippen molar-refractivity contribution in [1.82, 2.24) is 5.32 Å². The standard InChI is InChI=1S/C16H22F3NO/c1-2-8-20-10-13-6-7-15(14(9-13)16(17,18)19)21-11-12-4-3-5-12/h6-7,9,12,20H,2-5,8,10-11H2,1H3. The number of rotatable bonds is 7. The van der Waals surface area contributed by atoms with E-state index in [-0.39, 0.29) is 5.75 Å². The van der Waals surface area contributed by atoms with E-state index in [1.54, 1.807) is 6.07 Å². The molecule has 118 valence electrons. The first kappa shape index (κ1) is 16.1. The van der Waals surface area contributed by atoms with Gasteiger partial charge in [0, 0.05) is 6.54 Å². The van der Waals surface area contributed by atoms with Gasteiger partial charge in [0.15, 0.2) is 0 Å². The second-order valence-electron chi connectivity index (χ2n) is 5.61. The fourth-order valence-corrected chi connectivity index (χ4v) is 2.31. The molecule has 1 saturated carbocycles. The van der Waals surface area contributed by atoms with Crippen LogP contribution in [0.3, 0.4) is 0 Å². The minimum absolute atomic E-state index is 0.0476. The third-order valence-electron chi connectivity index (χ3n) is 3.80. The number of hydrogen-bond acceptors (Lipinski definition) is 2. The summed E-state index contributed by atoms with van der Waals surface area (Å²) in [5.41, 5.74) is -0.0376. The predicted octanol–water partition coefficient (Wildman–Crippen LogP) is 4.38. The summed E-state index contributed by atoms with van der Waals surface area (Å²) in [4.78, 5) is 0. The van der Waals surface area contributed by atoms with E-state index in [1.165, 1.54) is 12.1 Å². The molecule has 0 spiro atoms. The van der Waals surface area contributed by atoms with Crippen LogP contribution in [0.15, 0.2) is 18.2 Å². The predicted molar refractivity (Wildman–Crippen MR) is 76.3 cm³/mol. The van der Waals surface area contributed by atoms with Crippen LogP contribution in [0.25, 0.3) is 0 Å². The number of halogens is 3. The molecule has 0 heterocycles. The lowest BCUT2D eigenvalue weighted by atomic mass is 9.86. The van der Waals surface area contributed by atoms with Crippen molar-refractivity contribution in [3.8, 4) is 5.75 Å². The normalized spacial score (nSPS) is 15.8. The average molecular weight is 301 g/mol. The van der Waals surface area contributed by atoms with E-state index >= 15 is 0 Å². The Morgan fingerprint density at radius 2 is 2.05 bits per heavy atom. The molecule has 0 radical (unpaired) electrons. The van der Waals surface area contributed by atoms with Gasteiger partial charge in [0.25, 0.3) is 0 Å². The molecule has 1 aliphatic carbocycles. The maximum atomic E-state index is 13.1. The highest BCUT2D eigenvalue weighted by Gasteiger charge is 2.35. The zero-order valence-corrected chi connectivity index (χ0v) is 12.3. The van der Waals surface area contributed by atoms with Crippen LogP contribution in [-0.2, 0) is 12.7 Å². The van der Waals surface area contributed by atoms with Gasteiger partial charge >= 0.3 is 6.18 Å². The molecule has 2 nitrogen and oxygen atoms in total. The molecular formula is C16H22F3NO. The number of hydrogen-bond donors (Lipinski definition) is 1. The van der Waals surface area contributed by atoms with Crippen LogP contribution in [0.5, 0.6) is 5.75 Å². The highest BCUT2D eigenvalue weighted by atomic mass is 19.4. The first-order valence-corrected chi connectivity index (χ1v) is 7.54. The zero-order chi connectivity index (χ0) is 15.3. The van der Waals surface area contributed by atoms with E-state index in [2.05, 4.69) is 5.32 Å². The largest absolute Gasteiger partial charge is 0.493 e. The van der Waals surface area contributed by atoms with Crippen LogP contribution in [0, 0.1) is 5.92 Å². The van der Waals surface area contributed by atoms with E-state index < -0.39 is 11.7 Å². The molecule has 0 amide bonds. The molecule has 1 fully saturated rings. The molecule has 1 aromatic rings. The van der Waals surface area contributed by atoms with Crippen LogP contribution < -0.4 is 10.1 Å². The Balaban J connectivity index is 2.07. The van der Waals surface area contributed by atoms with Gasteiger partial charge in [0.05, 0.1) is 12.2 Å². The Hall–Kier alpha value is -1.23. The number of nitrogens with one attached hydrogen (secondary N) is 1. The summed E-state index contributed by atoms with van der Waals surface area (Å²) < 4.78 is 44.8.